The molecule has 1 aliphatic heterocycles. The summed E-state index contributed by atoms with van der Waals surface area (Å²) in [6, 6.07) is 29.6. The van der Waals surface area contributed by atoms with Gasteiger partial charge in [-0.2, -0.15) is 0 Å². The van der Waals surface area contributed by atoms with E-state index in [9.17, 15) is 24.6 Å². The highest BCUT2D eigenvalue weighted by atomic mass is 32.2. The molecule has 5 rings (SSSR count). The van der Waals surface area contributed by atoms with E-state index >= 15 is 0 Å². The van der Waals surface area contributed by atoms with Crippen LogP contribution in [0.2, 0.25) is 0 Å². The van der Waals surface area contributed by atoms with E-state index in [1.165, 1.54) is 0 Å². The average Bonchev–Trinajstić information content (AvgIpc) is 3.15. The van der Waals surface area contributed by atoms with Crippen molar-refractivity contribution in [1.82, 2.24) is 5.32 Å². The Hall–Kier alpha value is -4.68. The third-order valence-electron chi connectivity index (χ3n) is 8.69. The van der Waals surface area contributed by atoms with Crippen molar-refractivity contribution in [2.24, 2.45) is 0 Å². The molecule has 0 aromatic heterocycles. The third-order valence-corrected chi connectivity index (χ3v) is 9.83. The molecule has 268 valence electrons. The zero-order chi connectivity index (χ0) is 36.0. The molecule has 0 unspecified atom stereocenters. The number of unbranched alkanes of at least 4 members (excludes halogenated alkanes) is 3. The molecule has 1 heterocycles. The van der Waals surface area contributed by atoms with Gasteiger partial charge in [0.15, 0.2) is 6.29 Å². The van der Waals surface area contributed by atoms with E-state index in [0.717, 1.165) is 52.8 Å². The highest BCUT2D eigenvalue weighted by Crippen LogP contribution is 2.39. The van der Waals surface area contributed by atoms with Crippen LogP contribution in [0.1, 0.15) is 90.0 Å². The highest BCUT2D eigenvalue weighted by molar-refractivity contribution is 7.99. The highest BCUT2D eigenvalue weighted by Gasteiger charge is 2.32. The fraction of sp³-hybridized carbons (Fsp3) is 0.325. The third kappa shape index (κ3) is 11.7. The number of hydrogen-bond acceptors (Lipinski definition) is 8. The van der Waals surface area contributed by atoms with Crippen molar-refractivity contribution in [3.63, 3.8) is 0 Å². The van der Waals surface area contributed by atoms with Gasteiger partial charge in [-0.1, -0.05) is 73.5 Å². The van der Waals surface area contributed by atoms with E-state index < -0.39 is 12.3 Å². The minimum atomic E-state index is -0.955. The molecule has 11 heteroatoms. The van der Waals surface area contributed by atoms with Crippen LogP contribution in [0, 0.1) is 0 Å². The van der Waals surface area contributed by atoms with Gasteiger partial charge in [0.2, 0.25) is 11.8 Å². The van der Waals surface area contributed by atoms with Gasteiger partial charge in [-0.3, -0.25) is 9.59 Å². The van der Waals surface area contributed by atoms with Crippen LogP contribution in [0.4, 0.5) is 11.4 Å². The first kappa shape index (κ1) is 37.6. The fourth-order valence-electron chi connectivity index (χ4n) is 5.74. The number of para-hydroxylation sites is 2. The number of ether oxygens (including phenoxy) is 2. The van der Waals surface area contributed by atoms with E-state index in [0.29, 0.717) is 42.9 Å². The second kappa shape index (κ2) is 19.1. The van der Waals surface area contributed by atoms with Gasteiger partial charge in [-0.25, -0.2) is 4.79 Å². The Bertz CT molecular complexity index is 1730. The molecule has 4 aromatic rings. The molecule has 0 spiro atoms. The Labute approximate surface area is 302 Å². The number of benzene rings is 4. The lowest BCUT2D eigenvalue weighted by molar-refractivity contribution is -0.245. The van der Waals surface area contributed by atoms with Crippen molar-refractivity contribution in [1.29, 1.82) is 0 Å². The summed E-state index contributed by atoms with van der Waals surface area (Å²) in [6.45, 7) is 0.381. The van der Waals surface area contributed by atoms with Gasteiger partial charge in [-0.15, -0.1) is 11.8 Å². The van der Waals surface area contributed by atoms with Crippen LogP contribution in [-0.2, 0) is 32.2 Å². The largest absolute Gasteiger partial charge is 0.478 e. The van der Waals surface area contributed by atoms with E-state index in [2.05, 4.69) is 10.6 Å². The van der Waals surface area contributed by atoms with Gasteiger partial charge in [0.1, 0.15) is 0 Å². The molecule has 4 aromatic carbocycles. The summed E-state index contributed by atoms with van der Waals surface area (Å²) in [5, 5.41) is 24.5. The van der Waals surface area contributed by atoms with Gasteiger partial charge in [0, 0.05) is 42.0 Å². The maximum absolute atomic E-state index is 12.5. The van der Waals surface area contributed by atoms with Gasteiger partial charge in [-0.05, 0) is 65.9 Å². The number of anilines is 2. The van der Waals surface area contributed by atoms with E-state index in [1.54, 1.807) is 48.2 Å². The maximum atomic E-state index is 12.5. The number of rotatable bonds is 17. The standard InChI is InChI=1S/C40H45N3O7S/c41-34-7-5-6-8-35(34)43-38(46)10-4-2-1-3-9-37(45)42-24-27-11-17-31(18-12-27)40-49-32(26-51-33-21-19-30(20-22-33)39(47)48)23-36(50-40)29-15-13-28(25-44)14-16-29/h5-8,11-22,32,36,40,44H,1-4,9-10,23-26,41H2,(H,42,45)(H,43,46)(H,47,48)/t32-,36+,40+/m1/s1. The summed E-state index contributed by atoms with van der Waals surface area (Å²) in [5.41, 5.74) is 10.9. The van der Waals surface area contributed by atoms with Crippen LogP contribution >= 0.6 is 11.8 Å². The number of aliphatic hydroxyl groups is 1. The zero-order valence-corrected chi connectivity index (χ0v) is 29.3. The first-order chi connectivity index (χ1) is 24.8. The van der Waals surface area contributed by atoms with Crippen LogP contribution in [0.3, 0.4) is 0 Å². The number of hydrogen-bond donors (Lipinski definition) is 5. The van der Waals surface area contributed by atoms with Crippen LogP contribution in [0.5, 0.6) is 0 Å². The Balaban J connectivity index is 1.07. The number of carboxylic acid groups (broad SMARTS) is 1. The van der Waals surface area contributed by atoms with Crippen LogP contribution < -0.4 is 16.4 Å². The summed E-state index contributed by atoms with van der Waals surface area (Å²) >= 11 is 1.60. The Morgan fingerprint density at radius 2 is 1.41 bits per heavy atom. The van der Waals surface area contributed by atoms with Crippen molar-refractivity contribution < 1.29 is 34.1 Å². The molecule has 2 amide bonds. The monoisotopic (exact) mass is 711 g/mol. The van der Waals surface area contributed by atoms with E-state index in [-0.39, 0.29) is 36.2 Å². The molecule has 0 aliphatic carbocycles. The van der Waals surface area contributed by atoms with Crippen molar-refractivity contribution in [3.8, 4) is 0 Å². The SMILES string of the molecule is Nc1ccccc1NC(=O)CCCCCCC(=O)NCc1ccc([C@H]2O[C@@H](CSc3ccc(C(=O)O)cc3)C[C@@H](c3ccc(CO)cc3)O2)cc1. The molecule has 0 radical (unpaired) electrons. The Morgan fingerprint density at radius 1 is 0.765 bits per heavy atom. The predicted octanol–water partition coefficient (Wildman–Crippen LogP) is 7.39. The quantitative estimate of drug-likeness (QED) is 0.0427. The lowest BCUT2D eigenvalue weighted by Crippen LogP contribution is -2.31. The first-order valence-corrected chi connectivity index (χ1v) is 18.2. The molecular weight excluding hydrogens is 667 g/mol. The number of amides is 2. The van der Waals surface area contributed by atoms with E-state index in [1.807, 2.05) is 60.7 Å². The maximum Gasteiger partial charge on any atom is 0.335 e. The lowest BCUT2D eigenvalue weighted by Gasteiger charge is -2.36. The van der Waals surface area contributed by atoms with Gasteiger partial charge in [0.05, 0.1) is 35.8 Å². The number of aliphatic hydroxyl groups excluding tert-OH is 1. The van der Waals surface area contributed by atoms with Crippen LogP contribution in [0.25, 0.3) is 0 Å². The molecule has 0 bridgehead atoms. The smallest absolute Gasteiger partial charge is 0.335 e. The second-order valence-electron chi connectivity index (χ2n) is 12.6. The molecule has 10 nitrogen and oxygen atoms in total. The van der Waals surface area contributed by atoms with Crippen LogP contribution in [0.15, 0.2) is 102 Å². The number of nitrogens with one attached hydrogen (secondary N) is 2. The Morgan fingerprint density at radius 3 is 2.08 bits per heavy atom. The van der Waals surface area contributed by atoms with Crippen molar-refractivity contribution >= 4 is 40.9 Å². The number of thioether (sulfide) groups is 1. The minimum Gasteiger partial charge on any atom is -0.478 e. The summed E-state index contributed by atoms with van der Waals surface area (Å²) in [4.78, 5) is 36.9. The normalized spacial score (nSPS) is 17.1. The van der Waals surface area contributed by atoms with Crippen LogP contribution in [-0.4, -0.2) is 39.9 Å². The zero-order valence-electron chi connectivity index (χ0n) is 28.5. The summed E-state index contributed by atoms with van der Waals surface area (Å²) in [7, 11) is 0. The first-order valence-electron chi connectivity index (χ1n) is 17.2. The number of aromatic carboxylic acids is 1. The fourth-order valence-corrected chi connectivity index (χ4v) is 6.66. The van der Waals surface area contributed by atoms with Gasteiger partial charge >= 0.3 is 5.97 Å². The van der Waals surface area contributed by atoms with E-state index in [4.69, 9.17) is 15.2 Å². The van der Waals surface area contributed by atoms with Crippen molar-refractivity contribution in [2.45, 2.75) is 81.5 Å². The number of nitrogen functional groups attached to an aromatic ring is 1. The van der Waals surface area contributed by atoms with Crippen molar-refractivity contribution in [3.05, 3.63) is 125 Å². The Kier molecular flexibility index (Phi) is 14.1. The molecule has 1 saturated heterocycles. The summed E-state index contributed by atoms with van der Waals surface area (Å²) in [5.74, 6) is -0.375. The molecule has 6 N–H and O–H groups in total. The van der Waals surface area contributed by atoms with Gasteiger partial charge in [0.25, 0.3) is 0 Å². The number of carboxylic acids is 1. The molecule has 3 atom stereocenters. The molecule has 1 aliphatic rings. The number of carbonyl (C=O) groups is 3. The number of carbonyl (C=O) groups excluding carboxylic acids is 2. The molecular formula is C40H45N3O7S. The topological polar surface area (TPSA) is 160 Å². The molecule has 0 saturated carbocycles. The van der Waals surface area contributed by atoms with Crippen molar-refractivity contribution in [2.75, 3.05) is 16.8 Å². The summed E-state index contributed by atoms with van der Waals surface area (Å²) < 4.78 is 12.9. The lowest BCUT2D eigenvalue weighted by atomic mass is 10.0. The molecule has 1 fully saturated rings. The predicted molar refractivity (Wildman–Crippen MR) is 198 cm³/mol. The second-order valence-corrected chi connectivity index (χ2v) is 13.7. The molecule has 51 heavy (non-hydrogen) atoms. The van der Waals surface area contributed by atoms with Gasteiger partial charge < -0.3 is 36.1 Å². The average molecular weight is 712 g/mol. The number of nitrogens with two attached hydrogens (primary N) is 1. The summed E-state index contributed by atoms with van der Waals surface area (Å²) in [6.07, 6.45) is 3.76. The minimum absolute atomic E-state index is 0.0108.